The molecule has 3 rings (SSSR count). The van der Waals surface area contributed by atoms with Crippen LogP contribution in [0.3, 0.4) is 0 Å². The van der Waals surface area contributed by atoms with E-state index in [1.165, 1.54) is 0 Å². The molecule has 3 heterocycles. The number of ether oxygens (including phenoxy) is 2. The van der Waals surface area contributed by atoms with Crippen LogP contribution in [0.1, 0.15) is 43.1 Å². The number of hydrogen-bond acceptors (Lipinski definition) is 5. The fraction of sp³-hybridized carbons (Fsp3) is 0.765. The molecule has 7 nitrogen and oxygen atoms in total. The number of methoxy groups -OCH3 is 1. The van der Waals surface area contributed by atoms with Gasteiger partial charge in [0.15, 0.2) is 0 Å². The second-order valence-electron chi connectivity index (χ2n) is 6.94. The van der Waals surface area contributed by atoms with Gasteiger partial charge in [0, 0.05) is 45.8 Å². The van der Waals surface area contributed by atoms with Crippen LogP contribution in [0.25, 0.3) is 0 Å². The van der Waals surface area contributed by atoms with Crippen molar-refractivity contribution in [2.45, 2.75) is 50.4 Å². The van der Waals surface area contributed by atoms with Crippen LogP contribution < -0.4 is 0 Å². The van der Waals surface area contributed by atoms with Crippen LogP contribution >= 0.6 is 0 Å². The van der Waals surface area contributed by atoms with Gasteiger partial charge in [0.25, 0.3) is 5.91 Å². The standard InChI is InChI=1S/C17H27N3O4/c1-3-20-14(4-8-18-20)15(21)19-9-5-17(6-10-19)12-16(22,13-23-2)7-11-24-17/h4,8,22H,3,5-7,9-13H2,1-2H3. The third-order valence-corrected chi connectivity index (χ3v) is 5.24. The molecule has 2 fully saturated rings. The van der Waals surface area contributed by atoms with Crippen molar-refractivity contribution in [2.75, 3.05) is 33.4 Å². The molecule has 1 amide bonds. The zero-order chi connectivity index (χ0) is 17.2. The van der Waals surface area contributed by atoms with E-state index in [0.29, 0.717) is 51.4 Å². The van der Waals surface area contributed by atoms with E-state index < -0.39 is 5.60 Å². The monoisotopic (exact) mass is 337 g/mol. The fourth-order valence-electron chi connectivity index (χ4n) is 3.96. The van der Waals surface area contributed by atoms with Gasteiger partial charge in [-0.05, 0) is 25.8 Å². The summed E-state index contributed by atoms with van der Waals surface area (Å²) in [5, 5.41) is 14.9. The van der Waals surface area contributed by atoms with Crippen LogP contribution in [-0.2, 0) is 16.0 Å². The molecule has 1 atom stereocenters. The highest BCUT2D eigenvalue weighted by atomic mass is 16.5. The molecule has 1 aromatic rings. The summed E-state index contributed by atoms with van der Waals surface area (Å²) in [5.74, 6) is 0.0205. The summed E-state index contributed by atoms with van der Waals surface area (Å²) < 4.78 is 12.9. The van der Waals surface area contributed by atoms with E-state index in [-0.39, 0.29) is 11.5 Å². The number of piperidine rings is 1. The topological polar surface area (TPSA) is 76.8 Å². The zero-order valence-corrected chi connectivity index (χ0v) is 14.5. The number of likely N-dealkylation sites (tertiary alicyclic amines) is 1. The summed E-state index contributed by atoms with van der Waals surface area (Å²) >= 11 is 0. The Labute approximate surface area is 142 Å². The first-order valence-electron chi connectivity index (χ1n) is 8.67. The lowest BCUT2D eigenvalue weighted by molar-refractivity contribution is -0.189. The van der Waals surface area contributed by atoms with E-state index in [0.717, 1.165) is 12.8 Å². The summed E-state index contributed by atoms with van der Waals surface area (Å²) in [6, 6.07) is 1.77. The molecular formula is C17H27N3O4. The second-order valence-corrected chi connectivity index (χ2v) is 6.94. The van der Waals surface area contributed by atoms with Gasteiger partial charge in [-0.2, -0.15) is 5.10 Å². The van der Waals surface area contributed by atoms with Crippen LogP contribution in [0.5, 0.6) is 0 Å². The third kappa shape index (κ3) is 3.34. The summed E-state index contributed by atoms with van der Waals surface area (Å²) in [7, 11) is 1.61. The molecule has 7 heteroatoms. The lowest BCUT2D eigenvalue weighted by Gasteiger charge is -2.48. The van der Waals surface area contributed by atoms with Crippen molar-refractivity contribution in [3.05, 3.63) is 18.0 Å². The Kier molecular flexibility index (Phi) is 4.94. The minimum absolute atomic E-state index is 0.0205. The van der Waals surface area contributed by atoms with E-state index in [9.17, 15) is 9.90 Å². The van der Waals surface area contributed by atoms with Crippen molar-refractivity contribution in [3.8, 4) is 0 Å². The second kappa shape index (κ2) is 6.82. The van der Waals surface area contributed by atoms with Crippen LogP contribution in [0.2, 0.25) is 0 Å². The Hall–Kier alpha value is -1.44. The summed E-state index contributed by atoms with van der Waals surface area (Å²) in [4.78, 5) is 14.6. The Bertz CT molecular complexity index is 576. The molecule has 0 bridgehead atoms. The molecule has 1 N–H and O–H groups in total. The first-order chi connectivity index (χ1) is 11.5. The van der Waals surface area contributed by atoms with Crippen LogP contribution in [0, 0.1) is 0 Å². The number of aryl methyl sites for hydroxylation is 1. The minimum atomic E-state index is -0.819. The molecule has 0 aliphatic carbocycles. The quantitative estimate of drug-likeness (QED) is 0.889. The zero-order valence-electron chi connectivity index (χ0n) is 14.5. The van der Waals surface area contributed by atoms with Crippen molar-refractivity contribution >= 4 is 5.91 Å². The van der Waals surface area contributed by atoms with Gasteiger partial charge in [0.1, 0.15) is 5.69 Å². The van der Waals surface area contributed by atoms with Crippen molar-refractivity contribution in [1.29, 1.82) is 0 Å². The summed E-state index contributed by atoms with van der Waals surface area (Å²) in [5.41, 5.74) is -0.526. The molecule has 0 saturated carbocycles. The number of rotatable bonds is 4. The van der Waals surface area contributed by atoms with Crippen molar-refractivity contribution in [1.82, 2.24) is 14.7 Å². The molecule has 2 aliphatic rings. The molecular weight excluding hydrogens is 310 g/mol. The average Bonchev–Trinajstić information content (AvgIpc) is 3.03. The maximum atomic E-state index is 12.7. The number of nitrogens with zero attached hydrogens (tertiary/aromatic N) is 3. The smallest absolute Gasteiger partial charge is 0.272 e. The largest absolute Gasteiger partial charge is 0.387 e. The number of carbonyl (C=O) groups excluding carboxylic acids is 1. The molecule has 0 aromatic carbocycles. The van der Waals surface area contributed by atoms with Gasteiger partial charge >= 0.3 is 0 Å². The normalized spacial score (nSPS) is 26.7. The van der Waals surface area contributed by atoms with Gasteiger partial charge in [-0.25, -0.2) is 0 Å². The number of hydrogen-bond donors (Lipinski definition) is 1. The lowest BCUT2D eigenvalue weighted by atomic mass is 9.77. The summed E-state index contributed by atoms with van der Waals surface area (Å²) in [6.45, 7) is 4.79. The number of amides is 1. The van der Waals surface area contributed by atoms with E-state index in [1.807, 2.05) is 11.8 Å². The highest BCUT2D eigenvalue weighted by Gasteiger charge is 2.47. The maximum Gasteiger partial charge on any atom is 0.272 e. The van der Waals surface area contributed by atoms with Gasteiger partial charge in [-0.3, -0.25) is 9.48 Å². The van der Waals surface area contributed by atoms with Crippen LogP contribution in [0.4, 0.5) is 0 Å². The first kappa shape index (κ1) is 17.4. The van der Waals surface area contributed by atoms with Gasteiger partial charge in [-0.1, -0.05) is 0 Å². The van der Waals surface area contributed by atoms with Crippen molar-refractivity contribution in [2.24, 2.45) is 0 Å². The van der Waals surface area contributed by atoms with Gasteiger partial charge < -0.3 is 19.5 Å². The predicted molar refractivity (Wildman–Crippen MR) is 87.8 cm³/mol. The number of carbonyl (C=O) groups is 1. The predicted octanol–water partition coefficient (Wildman–Crippen LogP) is 1.07. The summed E-state index contributed by atoms with van der Waals surface area (Å²) in [6.07, 6.45) is 4.32. The van der Waals surface area contributed by atoms with Crippen molar-refractivity contribution < 1.29 is 19.4 Å². The SMILES string of the molecule is CCn1nccc1C(=O)N1CCC2(CC1)CC(O)(COC)CCO2. The first-order valence-corrected chi connectivity index (χ1v) is 8.67. The Balaban J connectivity index is 1.64. The molecule has 134 valence electrons. The third-order valence-electron chi connectivity index (χ3n) is 5.24. The maximum absolute atomic E-state index is 12.7. The van der Waals surface area contributed by atoms with Crippen molar-refractivity contribution in [3.63, 3.8) is 0 Å². The average molecular weight is 337 g/mol. The van der Waals surface area contributed by atoms with E-state index in [1.54, 1.807) is 24.1 Å². The minimum Gasteiger partial charge on any atom is -0.387 e. The fourth-order valence-corrected chi connectivity index (χ4v) is 3.96. The Morgan fingerprint density at radius 2 is 2.17 bits per heavy atom. The number of aliphatic hydroxyl groups is 1. The van der Waals surface area contributed by atoms with Crippen LogP contribution in [0.15, 0.2) is 12.3 Å². The molecule has 1 spiro atoms. The van der Waals surface area contributed by atoms with Gasteiger partial charge in [-0.15, -0.1) is 0 Å². The molecule has 1 aromatic heterocycles. The van der Waals surface area contributed by atoms with E-state index in [2.05, 4.69) is 5.10 Å². The Morgan fingerprint density at radius 3 is 2.83 bits per heavy atom. The lowest BCUT2D eigenvalue weighted by Crippen LogP contribution is -2.56. The molecule has 0 radical (unpaired) electrons. The highest BCUT2D eigenvalue weighted by molar-refractivity contribution is 5.92. The van der Waals surface area contributed by atoms with Gasteiger partial charge in [0.2, 0.25) is 0 Å². The number of aromatic nitrogens is 2. The molecule has 24 heavy (non-hydrogen) atoms. The van der Waals surface area contributed by atoms with Gasteiger partial charge in [0.05, 0.1) is 24.4 Å². The molecule has 2 aliphatic heterocycles. The van der Waals surface area contributed by atoms with Crippen LogP contribution in [-0.4, -0.2) is 70.3 Å². The Morgan fingerprint density at radius 1 is 1.42 bits per heavy atom. The van der Waals surface area contributed by atoms with E-state index >= 15 is 0 Å². The highest BCUT2D eigenvalue weighted by Crippen LogP contribution is 2.39. The molecule has 1 unspecified atom stereocenters. The molecule has 2 saturated heterocycles. The van der Waals surface area contributed by atoms with E-state index in [4.69, 9.17) is 9.47 Å².